The van der Waals surface area contributed by atoms with Crippen LogP contribution < -0.4 is 0 Å². The summed E-state index contributed by atoms with van der Waals surface area (Å²) >= 11 is 0. The smallest absolute Gasteiger partial charge is 0.295 e. The van der Waals surface area contributed by atoms with Crippen LogP contribution in [0.5, 0.6) is 0 Å². The zero-order chi connectivity index (χ0) is 14.6. The highest BCUT2D eigenvalue weighted by Gasteiger charge is 2.46. The topological polar surface area (TPSA) is 72.8 Å². The molecule has 0 fully saturated rings. The van der Waals surface area contributed by atoms with Crippen molar-refractivity contribution >= 4 is 11.6 Å². The molecule has 0 saturated carbocycles. The van der Waals surface area contributed by atoms with E-state index < -0.39 is 17.5 Å². The fourth-order valence-corrected chi connectivity index (χ4v) is 1.83. The summed E-state index contributed by atoms with van der Waals surface area (Å²) in [5, 5.41) is 9.15. The Morgan fingerprint density at radius 3 is 2.63 bits per heavy atom. The van der Waals surface area contributed by atoms with Crippen LogP contribution in [0.15, 0.2) is 23.7 Å². The summed E-state index contributed by atoms with van der Waals surface area (Å²) in [7, 11) is 1.36. The molecule has 2 atom stereocenters. The lowest BCUT2D eigenvalue weighted by Crippen LogP contribution is -2.32. The van der Waals surface area contributed by atoms with E-state index in [4.69, 9.17) is 14.6 Å². The van der Waals surface area contributed by atoms with E-state index >= 15 is 0 Å². The summed E-state index contributed by atoms with van der Waals surface area (Å²) in [6.07, 6.45) is 4.21. The van der Waals surface area contributed by atoms with Gasteiger partial charge in [-0.2, -0.15) is 0 Å². The molecule has 0 bridgehead atoms. The van der Waals surface area contributed by atoms with Crippen molar-refractivity contribution in [2.75, 3.05) is 7.11 Å². The fraction of sp³-hybridized carbons (Fsp3) is 0.571. The number of carbonyl (C=O) groups excluding carboxylic acids is 2. The molecule has 106 valence electrons. The van der Waals surface area contributed by atoms with Gasteiger partial charge in [0.1, 0.15) is 5.57 Å². The van der Waals surface area contributed by atoms with E-state index in [-0.39, 0.29) is 17.3 Å². The summed E-state index contributed by atoms with van der Waals surface area (Å²) in [6.45, 7) is 4.59. The van der Waals surface area contributed by atoms with Crippen LogP contribution in [0, 0.1) is 0 Å². The number of rotatable bonds is 6. The molecule has 2 unspecified atom stereocenters. The van der Waals surface area contributed by atoms with E-state index in [1.165, 1.54) is 14.0 Å². The number of aliphatic hydroxyl groups is 1. The molecule has 0 aliphatic carbocycles. The maximum atomic E-state index is 12.2. The van der Waals surface area contributed by atoms with Gasteiger partial charge in [0.05, 0.1) is 13.2 Å². The number of aliphatic hydroxyl groups excluding tert-OH is 1. The molecule has 1 rings (SSSR count). The van der Waals surface area contributed by atoms with E-state index in [0.29, 0.717) is 12.8 Å². The van der Waals surface area contributed by atoms with Crippen molar-refractivity contribution in [1.29, 1.82) is 0 Å². The Hall–Kier alpha value is -1.62. The number of methoxy groups -OCH3 is 1. The normalized spacial score (nSPS) is 24.8. The Bertz CT molecular complexity index is 433. The summed E-state index contributed by atoms with van der Waals surface area (Å²) in [5.41, 5.74) is -1.24. The van der Waals surface area contributed by atoms with Gasteiger partial charge in [-0.3, -0.25) is 9.59 Å². The summed E-state index contributed by atoms with van der Waals surface area (Å²) in [6, 6.07) is 0. The lowest BCUT2D eigenvalue weighted by molar-refractivity contribution is -0.128. The second kappa shape index (κ2) is 6.02. The lowest BCUT2D eigenvalue weighted by Gasteiger charge is -2.18. The number of Topliss-reactive ketones (excluding diaryl/α,β-unsaturated/α-hetero) is 2. The molecule has 0 aromatic carbocycles. The molecule has 1 heterocycles. The van der Waals surface area contributed by atoms with Gasteiger partial charge in [-0.15, -0.1) is 0 Å². The summed E-state index contributed by atoms with van der Waals surface area (Å²) in [5.74, 6) is -0.798. The lowest BCUT2D eigenvalue weighted by atomic mass is 9.94. The van der Waals surface area contributed by atoms with Crippen LogP contribution in [0.3, 0.4) is 0 Å². The van der Waals surface area contributed by atoms with Crippen molar-refractivity contribution in [2.45, 2.75) is 45.3 Å². The van der Waals surface area contributed by atoms with Crippen molar-refractivity contribution in [1.82, 2.24) is 0 Å². The first-order chi connectivity index (χ1) is 8.81. The Morgan fingerprint density at radius 2 is 2.21 bits per heavy atom. The van der Waals surface area contributed by atoms with Gasteiger partial charge in [-0.05, 0) is 39.7 Å². The number of hydrogen-bond acceptors (Lipinski definition) is 5. The number of carbonyl (C=O) groups is 2. The maximum Gasteiger partial charge on any atom is 0.295 e. The zero-order valence-electron chi connectivity index (χ0n) is 11.7. The molecule has 0 saturated heterocycles. The van der Waals surface area contributed by atoms with Gasteiger partial charge >= 0.3 is 0 Å². The molecule has 0 spiro atoms. The summed E-state index contributed by atoms with van der Waals surface area (Å²) in [4.78, 5) is 23.6. The maximum absolute atomic E-state index is 12.2. The number of ether oxygens (including phenoxy) is 2. The minimum absolute atomic E-state index is 0.0276. The van der Waals surface area contributed by atoms with Crippen LogP contribution >= 0.6 is 0 Å². The van der Waals surface area contributed by atoms with Crippen molar-refractivity contribution in [3.05, 3.63) is 23.7 Å². The van der Waals surface area contributed by atoms with Crippen molar-refractivity contribution in [3.8, 4) is 0 Å². The van der Waals surface area contributed by atoms with Gasteiger partial charge < -0.3 is 14.6 Å². The van der Waals surface area contributed by atoms with E-state index in [9.17, 15) is 9.59 Å². The third-order valence-corrected chi connectivity index (χ3v) is 2.91. The SMILES string of the molecule is COC1=C(C(C)=O)C(=O)C(C)(/C=C/CCC(C)O)O1. The minimum atomic E-state index is -1.20. The predicted octanol–water partition coefficient (Wildman–Crippen LogP) is 1.51. The van der Waals surface area contributed by atoms with Crippen LogP contribution in [0.4, 0.5) is 0 Å². The van der Waals surface area contributed by atoms with Gasteiger partial charge in [0.2, 0.25) is 5.78 Å². The van der Waals surface area contributed by atoms with Crippen LogP contribution in [0.2, 0.25) is 0 Å². The molecule has 0 aromatic heterocycles. The molecule has 1 N–H and O–H groups in total. The van der Waals surface area contributed by atoms with Crippen LogP contribution in [0.25, 0.3) is 0 Å². The molecule has 5 heteroatoms. The monoisotopic (exact) mass is 268 g/mol. The Balaban J connectivity index is 2.82. The largest absolute Gasteiger partial charge is 0.468 e. The van der Waals surface area contributed by atoms with Crippen LogP contribution in [-0.4, -0.2) is 35.5 Å². The quantitative estimate of drug-likeness (QED) is 0.584. The number of allylic oxidation sites excluding steroid dienone is 1. The standard InChI is InChI=1S/C14H20O5/c1-9(15)7-5-6-8-14(3)12(17)11(10(2)16)13(18-4)19-14/h6,8-9,15H,5,7H2,1-4H3/b8-6+. The second-order valence-corrected chi connectivity index (χ2v) is 4.79. The van der Waals surface area contributed by atoms with E-state index in [1.54, 1.807) is 26.0 Å². The number of hydrogen-bond donors (Lipinski definition) is 1. The van der Waals surface area contributed by atoms with Crippen molar-refractivity contribution < 1.29 is 24.2 Å². The van der Waals surface area contributed by atoms with Gasteiger partial charge in [-0.1, -0.05) is 6.08 Å². The molecule has 1 aliphatic rings. The molecule has 0 aromatic rings. The summed E-state index contributed by atoms with van der Waals surface area (Å²) < 4.78 is 10.4. The zero-order valence-corrected chi connectivity index (χ0v) is 11.7. The highest BCUT2D eigenvalue weighted by atomic mass is 16.7. The van der Waals surface area contributed by atoms with Crippen molar-refractivity contribution in [2.24, 2.45) is 0 Å². The third-order valence-electron chi connectivity index (χ3n) is 2.91. The first kappa shape index (κ1) is 15.4. The van der Waals surface area contributed by atoms with Crippen LogP contribution in [0.1, 0.15) is 33.6 Å². The molecule has 0 radical (unpaired) electrons. The molecule has 0 amide bonds. The Labute approximate surface area is 112 Å². The Kier molecular flexibility index (Phi) is 4.89. The average molecular weight is 268 g/mol. The highest BCUT2D eigenvalue weighted by molar-refractivity contribution is 6.24. The van der Waals surface area contributed by atoms with Gasteiger partial charge in [0.15, 0.2) is 11.4 Å². The highest BCUT2D eigenvalue weighted by Crippen LogP contribution is 2.32. The van der Waals surface area contributed by atoms with E-state index in [2.05, 4.69) is 0 Å². The second-order valence-electron chi connectivity index (χ2n) is 4.79. The van der Waals surface area contributed by atoms with Crippen molar-refractivity contribution in [3.63, 3.8) is 0 Å². The molecule has 1 aliphatic heterocycles. The first-order valence-corrected chi connectivity index (χ1v) is 6.20. The fourth-order valence-electron chi connectivity index (χ4n) is 1.83. The average Bonchev–Trinajstić information content (AvgIpc) is 2.58. The van der Waals surface area contributed by atoms with Gasteiger partial charge in [0.25, 0.3) is 5.95 Å². The van der Waals surface area contributed by atoms with Gasteiger partial charge in [-0.25, -0.2) is 0 Å². The molecule has 19 heavy (non-hydrogen) atoms. The van der Waals surface area contributed by atoms with Crippen LogP contribution in [-0.2, 0) is 19.1 Å². The van der Waals surface area contributed by atoms with E-state index in [0.717, 1.165) is 0 Å². The third kappa shape index (κ3) is 3.44. The number of ketones is 2. The predicted molar refractivity (Wildman–Crippen MR) is 69.3 cm³/mol. The first-order valence-electron chi connectivity index (χ1n) is 6.20. The molecular weight excluding hydrogens is 248 g/mol. The van der Waals surface area contributed by atoms with Gasteiger partial charge in [0, 0.05) is 0 Å². The molecular formula is C14H20O5. The Morgan fingerprint density at radius 1 is 1.58 bits per heavy atom. The van der Waals surface area contributed by atoms with E-state index in [1.807, 2.05) is 0 Å². The minimum Gasteiger partial charge on any atom is -0.468 e. The molecule has 5 nitrogen and oxygen atoms in total.